The van der Waals surface area contributed by atoms with E-state index < -0.39 is 10.0 Å². The summed E-state index contributed by atoms with van der Waals surface area (Å²) in [5.41, 5.74) is 0. The molecule has 0 aliphatic rings. The smallest absolute Gasteiger partial charge is 0.252 e. The molecule has 0 radical (unpaired) electrons. The summed E-state index contributed by atoms with van der Waals surface area (Å²) in [6.45, 7) is 10.7. The Morgan fingerprint density at radius 3 is 2.35 bits per heavy atom. The molecule has 0 aliphatic carbocycles. The normalized spacial score (nSPS) is 12.8. The van der Waals surface area contributed by atoms with Crippen molar-refractivity contribution in [3.8, 4) is 0 Å². The third-order valence-electron chi connectivity index (χ3n) is 4.54. The van der Waals surface area contributed by atoms with Crippen LogP contribution in [0, 0.1) is 5.92 Å². The number of rotatable bonds is 11. The van der Waals surface area contributed by atoms with Crippen molar-refractivity contribution in [3.63, 3.8) is 0 Å². The molecule has 0 aliphatic heterocycles. The van der Waals surface area contributed by atoms with Gasteiger partial charge in [-0.25, -0.2) is 8.42 Å². The summed E-state index contributed by atoms with van der Waals surface area (Å²) in [5.74, 6) is 1.45. The Hall–Kier alpha value is -1.12. The predicted octanol–water partition coefficient (Wildman–Crippen LogP) is 2.92. The second kappa shape index (κ2) is 11.6. The van der Waals surface area contributed by atoms with Crippen LogP contribution in [0.4, 0.5) is 0 Å². The van der Waals surface area contributed by atoms with E-state index in [1.807, 2.05) is 19.9 Å². The number of sulfonamides is 1. The molecule has 150 valence electrons. The first-order chi connectivity index (χ1) is 12.4. The molecule has 0 unspecified atom stereocenters. The van der Waals surface area contributed by atoms with E-state index in [0.29, 0.717) is 29.8 Å². The monoisotopic (exact) mass is 402 g/mol. The quantitative estimate of drug-likeness (QED) is 0.441. The Morgan fingerprint density at radius 1 is 1.15 bits per heavy atom. The van der Waals surface area contributed by atoms with Crippen LogP contribution in [0.15, 0.2) is 21.3 Å². The second-order valence-corrected chi connectivity index (χ2v) is 9.46. The van der Waals surface area contributed by atoms with Crippen LogP contribution >= 0.6 is 11.3 Å². The molecule has 8 heteroatoms. The third-order valence-corrected chi connectivity index (χ3v) is 8.20. The average molecular weight is 403 g/mol. The molecule has 0 saturated carbocycles. The van der Waals surface area contributed by atoms with Crippen LogP contribution in [0.5, 0.6) is 0 Å². The highest BCUT2D eigenvalue weighted by Gasteiger charge is 2.23. The lowest BCUT2D eigenvalue weighted by Gasteiger charge is -2.17. The average Bonchev–Trinajstić information content (AvgIpc) is 3.11. The molecule has 0 saturated heterocycles. The van der Waals surface area contributed by atoms with E-state index in [1.54, 1.807) is 13.1 Å². The maximum Gasteiger partial charge on any atom is 0.252 e. The molecule has 0 aromatic carbocycles. The molecule has 0 spiro atoms. The van der Waals surface area contributed by atoms with Gasteiger partial charge in [0.1, 0.15) is 4.21 Å². The van der Waals surface area contributed by atoms with Gasteiger partial charge in [-0.15, -0.1) is 11.3 Å². The van der Waals surface area contributed by atoms with Crippen molar-refractivity contribution in [1.29, 1.82) is 0 Å². The van der Waals surface area contributed by atoms with Crippen molar-refractivity contribution >= 4 is 27.3 Å². The van der Waals surface area contributed by atoms with Crippen LogP contribution in [0.3, 0.4) is 0 Å². The van der Waals surface area contributed by atoms with Crippen molar-refractivity contribution in [1.82, 2.24) is 14.9 Å². The van der Waals surface area contributed by atoms with Gasteiger partial charge in [-0.3, -0.25) is 4.99 Å². The molecule has 26 heavy (non-hydrogen) atoms. The van der Waals surface area contributed by atoms with Gasteiger partial charge in [0.15, 0.2) is 5.96 Å². The van der Waals surface area contributed by atoms with Crippen molar-refractivity contribution in [2.45, 2.75) is 51.2 Å². The Balaban J connectivity index is 2.55. The number of nitrogens with one attached hydrogen (secondary N) is 2. The number of nitrogens with zero attached hydrogens (tertiary/aromatic N) is 2. The summed E-state index contributed by atoms with van der Waals surface area (Å²) in [7, 11) is -1.59. The summed E-state index contributed by atoms with van der Waals surface area (Å²) in [4.78, 5) is 5.30. The molecule has 1 aromatic heterocycles. The van der Waals surface area contributed by atoms with Gasteiger partial charge in [0.25, 0.3) is 10.0 Å². The SMILES string of the molecule is CCC(CC)CNC(=NC)NCCc1ccc(S(=O)(=O)N(CC)CC)s1. The van der Waals surface area contributed by atoms with Gasteiger partial charge >= 0.3 is 0 Å². The minimum Gasteiger partial charge on any atom is -0.356 e. The topological polar surface area (TPSA) is 73.8 Å². The third kappa shape index (κ3) is 6.55. The summed E-state index contributed by atoms with van der Waals surface area (Å²) in [6.07, 6.45) is 3.07. The van der Waals surface area contributed by atoms with Gasteiger partial charge in [0.05, 0.1) is 0 Å². The Kier molecular flexibility index (Phi) is 10.2. The first-order valence-electron chi connectivity index (χ1n) is 9.46. The Bertz CT molecular complexity index is 648. The van der Waals surface area contributed by atoms with Gasteiger partial charge < -0.3 is 10.6 Å². The van der Waals surface area contributed by atoms with Crippen LogP contribution in [-0.4, -0.2) is 51.9 Å². The highest BCUT2D eigenvalue weighted by atomic mass is 32.2. The fourth-order valence-electron chi connectivity index (χ4n) is 2.67. The Morgan fingerprint density at radius 2 is 1.81 bits per heavy atom. The van der Waals surface area contributed by atoms with E-state index in [0.717, 1.165) is 36.6 Å². The summed E-state index contributed by atoms with van der Waals surface area (Å²) < 4.78 is 27.0. The minimum absolute atomic E-state index is 0.424. The molecule has 1 rings (SSSR count). The van der Waals surface area contributed by atoms with Gasteiger partial charge in [-0.05, 0) is 24.5 Å². The van der Waals surface area contributed by atoms with Crippen molar-refractivity contribution in [2.24, 2.45) is 10.9 Å². The van der Waals surface area contributed by atoms with Crippen molar-refractivity contribution in [2.75, 3.05) is 33.2 Å². The molecule has 0 bridgehead atoms. The molecule has 2 N–H and O–H groups in total. The zero-order chi connectivity index (χ0) is 19.6. The number of hydrogen-bond donors (Lipinski definition) is 2. The lowest BCUT2D eigenvalue weighted by Crippen LogP contribution is -2.40. The van der Waals surface area contributed by atoms with Crippen LogP contribution in [0.25, 0.3) is 0 Å². The summed E-state index contributed by atoms with van der Waals surface area (Å²) >= 11 is 1.35. The largest absolute Gasteiger partial charge is 0.356 e. The number of guanidine groups is 1. The number of hydrogen-bond acceptors (Lipinski definition) is 4. The van der Waals surface area contributed by atoms with Gasteiger partial charge in [-0.2, -0.15) is 4.31 Å². The van der Waals surface area contributed by atoms with Crippen LogP contribution in [0.2, 0.25) is 0 Å². The van der Waals surface area contributed by atoms with E-state index in [9.17, 15) is 8.42 Å². The highest BCUT2D eigenvalue weighted by Crippen LogP contribution is 2.25. The molecule has 6 nitrogen and oxygen atoms in total. The van der Waals surface area contributed by atoms with Crippen LogP contribution in [0.1, 0.15) is 45.4 Å². The van der Waals surface area contributed by atoms with E-state index >= 15 is 0 Å². The lowest BCUT2D eigenvalue weighted by atomic mass is 10.0. The van der Waals surface area contributed by atoms with E-state index in [-0.39, 0.29) is 0 Å². The fraction of sp³-hybridized carbons (Fsp3) is 0.722. The molecule has 1 heterocycles. The minimum atomic E-state index is -3.36. The molecular weight excluding hydrogens is 368 g/mol. The molecule has 1 aromatic rings. The van der Waals surface area contributed by atoms with Gasteiger partial charge in [0.2, 0.25) is 0 Å². The van der Waals surface area contributed by atoms with Crippen LogP contribution in [-0.2, 0) is 16.4 Å². The number of thiophene rings is 1. The zero-order valence-electron chi connectivity index (χ0n) is 16.7. The van der Waals surface area contributed by atoms with E-state index in [1.165, 1.54) is 15.6 Å². The molecule has 0 amide bonds. The van der Waals surface area contributed by atoms with Crippen molar-refractivity contribution in [3.05, 3.63) is 17.0 Å². The number of aliphatic imine (C=N–C) groups is 1. The van der Waals surface area contributed by atoms with Crippen LogP contribution < -0.4 is 10.6 Å². The maximum absolute atomic E-state index is 12.5. The van der Waals surface area contributed by atoms with E-state index in [2.05, 4.69) is 29.5 Å². The predicted molar refractivity (Wildman–Crippen MR) is 112 cm³/mol. The Labute approximate surface area is 163 Å². The lowest BCUT2D eigenvalue weighted by molar-refractivity contribution is 0.447. The second-order valence-electron chi connectivity index (χ2n) is 6.12. The van der Waals surface area contributed by atoms with Gasteiger partial charge in [-0.1, -0.05) is 40.5 Å². The summed E-state index contributed by atoms with van der Waals surface area (Å²) in [6, 6.07) is 3.62. The maximum atomic E-state index is 12.5. The van der Waals surface area contributed by atoms with E-state index in [4.69, 9.17) is 0 Å². The molecular formula is C18H34N4O2S2. The highest BCUT2D eigenvalue weighted by molar-refractivity contribution is 7.91. The zero-order valence-corrected chi connectivity index (χ0v) is 18.3. The standard InChI is InChI=1S/C18H34N4O2S2/c1-6-15(7-2)14-21-18(19-5)20-13-12-16-10-11-17(25-16)26(23,24)22(8-3)9-4/h10-11,15H,6-9,12-14H2,1-5H3,(H2,19,20,21). The molecule has 0 atom stereocenters. The first-order valence-corrected chi connectivity index (χ1v) is 11.7. The van der Waals surface area contributed by atoms with Gasteiger partial charge in [0, 0.05) is 38.1 Å². The first kappa shape index (κ1) is 22.9. The van der Waals surface area contributed by atoms with Crippen molar-refractivity contribution < 1.29 is 8.42 Å². The molecule has 0 fully saturated rings. The summed E-state index contributed by atoms with van der Waals surface area (Å²) in [5, 5.41) is 6.66. The fourth-order valence-corrected chi connectivity index (χ4v) is 5.63.